The second kappa shape index (κ2) is 27.4. The summed E-state index contributed by atoms with van der Waals surface area (Å²) in [6.07, 6.45) is 3.03. The van der Waals surface area contributed by atoms with Gasteiger partial charge in [0.15, 0.2) is 17.3 Å². The zero-order valence-electron chi connectivity index (χ0n) is 37.5. The van der Waals surface area contributed by atoms with Gasteiger partial charge in [-0.25, -0.2) is 19.2 Å². The monoisotopic (exact) mass is 951 g/mol. The number of nitrogens with zero attached hydrogens (tertiary/aromatic N) is 2. The number of amides is 1. The molecule has 2 aromatic heterocycles. The summed E-state index contributed by atoms with van der Waals surface area (Å²) in [6.45, 7) is 13.0. The van der Waals surface area contributed by atoms with Crippen LogP contribution in [0.25, 0.3) is 28.0 Å². The van der Waals surface area contributed by atoms with Crippen LogP contribution in [0.3, 0.4) is 0 Å². The number of carbonyl (C=O) groups is 6. The molecule has 0 aliphatic heterocycles. The van der Waals surface area contributed by atoms with Gasteiger partial charge in [-0.15, -0.1) is 0 Å². The van der Waals surface area contributed by atoms with E-state index in [0.717, 1.165) is 43.1 Å². The first-order valence-corrected chi connectivity index (χ1v) is 21.7. The number of fused-ring (bicyclic) bond motifs is 2. The zero-order chi connectivity index (χ0) is 47.9. The van der Waals surface area contributed by atoms with Crippen LogP contribution in [-0.2, 0) is 28.7 Å². The minimum Gasteiger partial charge on any atom is -0.462 e. The van der Waals surface area contributed by atoms with E-state index in [9.17, 15) is 38.4 Å². The van der Waals surface area contributed by atoms with Crippen LogP contribution in [0.5, 0.6) is 0 Å². The number of Topliss-reactive ketones (excluding diaryl/α,β-unsaturated/α-hetero) is 3. The normalized spacial score (nSPS) is 12.3. The lowest BCUT2D eigenvalue weighted by molar-refractivity contribution is -0.138. The first-order chi connectivity index (χ1) is 31.7. The number of anilines is 3. The molecule has 2 heterocycles. The van der Waals surface area contributed by atoms with Crippen molar-refractivity contribution in [2.75, 3.05) is 54.5 Å². The van der Waals surface area contributed by atoms with Gasteiger partial charge in [-0.1, -0.05) is 40.5 Å². The van der Waals surface area contributed by atoms with Crippen molar-refractivity contribution in [3.63, 3.8) is 0 Å². The second-order valence-electron chi connectivity index (χ2n) is 14.9. The molecule has 0 bridgehead atoms. The number of rotatable bonds is 18. The van der Waals surface area contributed by atoms with Crippen molar-refractivity contribution in [1.82, 2.24) is 0 Å². The molecule has 0 spiro atoms. The summed E-state index contributed by atoms with van der Waals surface area (Å²) >= 11 is 0. The van der Waals surface area contributed by atoms with E-state index in [0.29, 0.717) is 27.6 Å². The fourth-order valence-corrected chi connectivity index (χ4v) is 7.08. The van der Waals surface area contributed by atoms with Crippen LogP contribution in [-0.4, -0.2) is 85.8 Å². The Morgan fingerprint density at radius 1 is 0.696 bits per heavy atom. The van der Waals surface area contributed by atoms with Gasteiger partial charge in [0.25, 0.3) is 0 Å². The number of hydrogen-bond acceptors (Lipinski definition) is 15. The van der Waals surface area contributed by atoms with E-state index in [-0.39, 0.29) is 83.8 Å². The fourth-order valence-electron chi connectivity index (χ4n) is 7.08. The number of benzene rings is 3. The highest BCUT2D eigenvalue weighted by atomic mass is 16.6. The van der Waals surface area contributed by atoms with Crippen LogP contribution < -0.4 is 26.4 Å². The lowest BCUT2D eigenvalue weighted by Gasteiger charge is -2.21. The standard InChI is InChI=1S/C31H34N2O7.C19H19NO6.3CH4/c1-4-33(5-2)25-14-11-23-19-26(31(38)40-28(23)20-25)27(35)15-16-29(36)32-24-12-8-21(9-13-24)7-10-22(17-18-34)30(37)39-6-3;1-3-20(4-2)12-6-5-11-9-13(18(23)25-16(11)10-12)19(24)26-17-14(21)7-8-15(17)22;;;/h7-14,17,19-20,34H,4-6,15-16,18H2,1-3H3,(H,32,36);5-6,9-10,17H,3-4,7-8H2,1-2H3;3*1H4/b10-7+,22-17+;;;;. The molecule has 6 rings (SSSR count). The number of aliphatic hydroxyl groups excluding tert-OH is 1. The van der Waals surface area contributed by atoms with Crippen molar-refractivity contribution in [2.24, 2.45) is 0 Å². The Labute approximate surface area is 402 Å². The molecule has 16 nitrogen and oxygen atoms in total. The predicted molar refractivity (Wildman–Crippen MR) is 270 cm³/mol. The summed E-state index contributed by atoms with van der Waals surface area (Å²) in [5.74, 6) is -3.29. The Hall–Kier alpha value is -7.46. The van der Waals surface area contributed by atoms with Crippen molar-refractivity contribution in [3.05, 3.63) is 128 Å². The zero-order valence-corrected chi connectivity index (χ0v) is 37.5. The van der Waals surface area contributed by atoms with Gasteiger partial charge >= 0.3 is 23.2 Å². The van der Waals surface area contributed by atoms with Crippen molar-refractivity contribution < 1.29 is 52.2 Å². The minimum atomic E-state index is -1.41. The summed E-state index contributed by atoms with van der Waals surface area (Å²) in [5.41, 5.74) is 2.11. The molecule has 3 aromatic carbocycles. The van der Waals surface area contributed by atoms with Gasteiger partial charge in [-0.2, -0.15) is 0 Å². The lowest BCUT2D eigenvalue weighted by Crippen LogP contribution is -2.30. The van der Waals surface area contributed by atoms with Gasteiger partial charge in [0.05, 0.1) is 18.8 Å². The molecule has 1 aliphatic carbocycles. The number of carbonyl (C=O) groups excluding carboxylic acids is 6. The van der Waals surface area contributed by atoms with E-state index in [1.807, 2.05) is 45.9 Å². The van der Waals surface area contributed by atoms with Gasteiger partial charge < -0.3 is 38.5 Å². The third-order valence-corrected chi connectivity index (χ3v) is 10.7. The first-order valence-electron chi connectivity index (χ1n) is 21.7. The Balaban J connectivity index is 0.000000490. The predicted octanol–water partition coefficient (Wildman–Crippen LogP) is 8.74. The average Bonchev–Trinajstić information content (AvgIpc) is 3.62. The van der Waals surface area contributed by atoms with Gasteiger partial charge in [0.1, 0.15) is 22.3 Å². The number of ether oxygens (including phenoxy) is 2. The fraction of sp³-hybridized carbons (Fsp3) is 0.358. The third-order valence-electron chi connectivity index (χ3n) is 10.7. The molecular formula is C53H65N3O13. The number of aliphatic hydroxyl groups is 1. The minimum absolute atomic E-state index is 0. The molecule has 1 aliphatic rings. The Bertz CT molecular complexity index is 2760. The molecule has 0 radical (unpaired) electrons. The lowest BCUT2D eigenvalue weighted by atomic mass is 10.1. The van der Waals surface area contributed by atoms with Crippen molar-refractivity contribution >= 4 is 80.3 Å². The maximum atomic E-state index is 12.7. The molecule has 2 N–H and O–H groups in total. The van der Waals surface area contributed by atoms with E-state index in [2.05, 4.69) is 15.1 Å². The van der Waals surface area contributed by atoms with Crippen molar-refractivity contribution in [2.45, 2.75) is 88.7 Å². The quantitative estimate of drug-likeness (QED) is 0.0209. The molecule has 69 heavy (non-hydrogen) atoms. The van der Waals surface area contributed by atoms with Crippen LogP contribution in [0.1, 0.15) is 109 Å². The number of esters is 2. The highest BCUT2D eigenvalue weighted by Gasteiger charge is 2.37. The van der Waals surface area contributed by atoms with E-state index in [1.54, 1.807) is 61.5 Å². The number of ketones is 3. The number of nitrogens with one attached hydrogen (secondary N) is 1. The maximum absolute atomic E-state index is 12.7. The highest BCUT2D eigenvalue weighted by molar-refractivity contribution is 6.13. The van der Waals surface area contributed by atoms with Gasteiger partial charge in [-0.05, 0) is 101 Å². The maximum Gasteiger partial charge on any atom is 0.351 e. The molecule has 0 atom stereocenters. The van der Waals surface area contributed by atoms with Crippen LogP contribution in [0.15, 0.2) is 109 Å². The second-order valence-corrected chi connectivity index (χ2v) is 14.9. The summed E-state index contributed by atoms with van der Waals surface area (Å²) in [5, 5.41) is 13.0. The average molecular weight is 952 g/mol. The molecular weight excluding hydrogens is 887 g/mol. The molecule has 1 fully saturated rings. The van der Waals surface area contributed by atoms with E-state index >= 15 is 0 Å². The molecule has 370 valence electrons. The summed E-state index contributed by atoms with van der Waals surface area (Å²) in [7, 11) is 0. The van der Waals surface area contributed by atoms with Crippen LogP contribution >= 0.6 is 0 Å². The van der Waals surface area contributed by atoms with E-state index < -0.39 is 46.6 Å². The van der Waals surface area contributed by atoms with Gasteiger partial charge in [0, 0.05) is 91.8 Å². The molecule has 16 heteroatoms. The van der Waals surface area contributed by atoms with Crippen LogP contribution in [0.4, 0.5) is 17.1 Å². The first kappa shape index (κ1) is 57.7. The summed E-state index contributed by atoms with van der Waals surface area (Å²) < 4.78 is 20.6. The summed E-state index contributed by atoms with van der Waals surface area (Å²) in [6, 6.07) is 20.6. The third kappa shape index (κ3) is 15.0. The van der Waals surface area contributed by atoms with Crippen LogP contribution in [0, 0.1) is 0 Å². The van der Waals surface area contributed by atoms with Gasteiger partial charge in [-0.3, -0.25) is 19.2 Å². The topological polar surface area (TPSA) is 220 Å². The SMILES string of the molecule is C.C.C.CCN(CC)c1ccc2cc(C(=O)OC3C(=O)CCC3=O)c(=O)oc2c1.CCOC(=O)C(/C=C/c1ccc(NC(=O)CCC(=O)c2cc3ccc(N(CC)CC)cc3oc2=O)cc1)=C/CO. The summed E-state index contributed by atoms with van der Waals surface area (Å²) in [4.78, 5) is 101. The Kier molecular flexibility index (Phi) is 22.9. The van der Waals surface area contributed by atoms with Crippen LogP contribution in [0.2, 0.25) is 0 Å². The van der Waals surface area contributed by atoms with E-state index in [1.165, 1.54) is 18.2 Å². The molecule has 0 unspecified atom stereocenters. The van der Waals surface area contributed by atoms with E-state index in [4.69, 9.17) is 23.4 Å². The van der Waals surface area contributed by atoms with Gasteiger partial charge in [0.2, 0.25) is 12.0 Å². The molecule has 1 amide bonds. The molecule has 0 saturated heterocycles. The number of hydrogen-bond donors (Lipinski definition) is 2. The smallest absolute Gasteiger partial charge is 0.351 e. The molecule has 5 aromatic rings. The van der Waals surface area contributed by atoms with Crippen molar-refractivity contribution in [1.29, 1.82) is 0 Å². The highest BCUT2D eigenvalue weighted by Crippen LogP contribution is 2.25. The Morgan fingerprint density at radius 3 is 1.70 bits per heavy atom. The van der Waals surface area contributed by atoms with Crippen molar-refractivity contribution in [3.8, 4) is 0 Å². The largest absolute Gasteiger partial charge is 0.462 e. The Morgan fingerprint density at radius 2 is 1.20 bits per heavy atom. The molecule has 1 saturated carbocycles.